The van der Waals surface area contributed by atoms with Gasteiger partial charge in [0.1, 0.15) is 11.6 Å². The van der Waals surface area contributed by atoms with Crippen LogP contribution in [-0.2, 0) is 0 Å². The second kappa shape index (κ2) is 4.63. The van der Waals surface area contributed by atoms with Crippen LogP contribution < -0.4 is 4.74 Å². The van der Waals surface area contributed by atoms with Crippen molar-refractivity contribution in [3.8, 4) is 5.75 Å². The number of Topliss-reactive ketones (excluding diaryl/α,β-unsaturated/α-hetero) is 1. The molecule has 0 fully saturated rings. The molecule has 0 aliphatic rings. The Balaban J connectivity index is 3.38. The van der Waals surface area contributed by atoms with Gasteiger partial charge in [-0.25, -0.2) is 4.39 Å². The van der Waals surface area contributed by atoms with E-state index in [-0.39, 0.29) is 10.2 Å². The van der Waals surface area contributed by atoms with Crippen LogP contribution in [0.4, 0.5) is 13.2 Å². The van der Waals surface area contributed by atoms with Crippen molar-refractivity contribution in [2.24, 2.45) is 0 Å². The maximum absolute atomic E-state index is 13.2. The van der Waals surface area contributed by atoms with E-state index in [9.17, 15) is 18.0 Å². The van der Waals surface area contributed by atoms with Gasteiger partial charge in [0, 0.05) is 0 Å². The minimum Gasteiger partial charge on any atom is -0.496 e. The molecular formula is C9H5BrClF3O2. The van der Waals surface area contributed by atoms with E-state index in [4.69, 9.17) is 4.74 Å². The number of carbonyl (C=O) groups is 1. The first-order chi connectivity index (χ1) is 7.29. The summed E-state index contributed by atoms with van der Waals surface area (Å²) in [6.45, 7) is 0. The molecule has 0 radical (unpaired) electrons. The third-order valence-electron chi connectivity index (χ3n) is 1.76. The number of ketones is 1. The molecule has 1 aromatic carbocycles. The Hall–Kier alpha value is -0.750. The molecule has 1 rings (SSSR count). The largest absolute Gasteiger partial charge is 0.496 e. The number of benzene rings is 1. The predicted molar refractivity (Wildman–Crippen MR) is 55.8 cm³/mol. The Labute approximate surface area is 102 Å². The minimum absolute atomic E-state index is 0.0608. The van der Waals surface area contributed by atoms with E-state index in [1.807, 2.05) is 0 Å². The Morgan fingerprint density at radius 3 is 2.50 bits per heavy atom. The van der Waals surface area contributed by atoms with Gasteiger partial charge in [0.2, 0.25) is 0 Å². The molecule has 0 saturated carbocycles. The Morgan fingerprint density at radius 1 is 1.50 bits per heavy atom. The topological polar surface area (TPSA) is 26.3 Å². The fourth-order valence-corrected chi connectivity index (χ4v) is 1.80. The molecule has 0 aliphatic heterocycles. The van der Waals surface area contributed by atoms with E-state index in [2.05, 4.69) is 27.5 Å². The monoisotopic (exact) mass is 316 g/mol. The SMILES string of the molecule is COc1ccc(F)c(C(=O)C(F)(F)Cl)c1Br. The average molecular weight is 317 g/mol. The third-order valence-corrected chi connectivity index (χ3v) is 2.72. The molecule has 0 amide bonds. The number of alkyl halides is 3. The summed E-state index contributed by atoms with van der Waals surface area (Å²) >= 11 is 7.35. The van der Waals surface area contributed by atoms with E-state index >= 15 is 0 Å². The highest BCUT2D eigenvalue weighted by Crippen LogP contribution is 2.35. The van der Waals surface area contributed by atoms with Crippen molar-refractivity contribution in [2.45, 2.75) is 5.38 Å². The van der Waals surface area contributed by atoms with Gasteiger partial charge >= 0.3 is 5.38 Å². The van der Waals surface area contributed by atoms with Crippen LogP contribution in [-0.4, -0.2) is 18.3 Å². The van der Waals surface area contributed by atoms with Gasteiger partial charge < -0.3 is 4.74 Å². The fraction of sp³-hybridized carbons (Fsp3) is 0.222. The molecule has 0 aliphatic carbocycles. The van der Waals surface area contributed by atoms with Crippen LogP contribution in [0.3, 0.4) is 0 Å². The van der Waals surface area contributed by atoms with Gasteiger partial charge in [-0.2, -0.15) is 8.78 Å². The molecule has 0 bridgehead atoms. The number of halogens is 5. The number of hydrogen-bond acceptors (Lipinski definition) is 2. The van der Waals surface area contributed by atoms with Crippen molar-refractivity contribution in [1.82, 2.24) is 0 Å². The summed E-state index contributed by atoms with van der Waals surface area (Å²) < 4.78 is 43.0. The van der Waals surface area contributed by atoms with Crippen LogP contribution in [0.15, 0.2) is 16.6 Å². The van der Waals surface area contributed by atoms with Gasteiger partial charge in [0.25, 0.3) is 5.78 Å². The van der Waals surface area contributed by atoms with E-state index in [0.29, 0.717) is 0 Å². The highest BCUT2D eigenvalue weighted by atomic mass is 79.9. The molecule has 1 aromatic rings. The molecule has 2 nitrogen and oxygen atoms in total. The van der Waals surface area contributed by atoms with Crippen molar-refractivity contribution < 1.29 is 22.7 Å². The lowest BCUT2D eigenvalue weighted by Crippen LogP contribution is -2.23. The second-order valence-corrected chi connectivity index (χ2v) is 4.03. The fourth-order valence-electron chi connectivity index (χ4n) is 1.04. The lowest BCUT2D eigenvalue weighted by Gasteiger charge is -2.11. The zero-order valence-corrected chi connectivity index (χ0v) is 10.2. The second-order valence-electron chi connectivity index (χ2n) is 2.77. The van der Waals surface area contributed by atoms with Crippen LogP contribution in [0.2, 0.25) is 0 Å². The first kappa shape index (κ1) is 13.3. The van der Waals surface area contributed by atoms with Crippen LogP contribution in [0.1, 0.15) is 10.4 Å². The summed E-state index contributed by atoms with van der Waals surface area (Å²) in [6.07, 6.45) is 0. The predicted octanol–water partition coefficient (Wildman–Crippen LogP) is 3.61. The van der Waals surface area contributed by atoms with Gasteiger partial charge in [0.15, 0.2) is 0 Å². The van der Waals surface area contributed by atoms with Crippen molar-refractivity contribution in [1.29, 1.82) is 0 Å². The number of methoxy groups -OCH3 is 1. The van der Waals surface area contributed by atoms with E-state index in [1.54, 1.807) is 0 Å². The Bertz CT molecular complexity index is 431. The van der Waals surface area contributed by atoms with Crippen molar-refractivity contribution in [3.63, 3.8) is 0 Å². The standard InChI is InChI=1S/C9H5BrClF3O2/c1-16-5-3-2-4(12)6(7(5)10)8(15)9(11,13)14/h2-3H,1H3. The Kier molecular flexibility index (Phi) is 3.85. The smallest absolute Gasteiger partial charge is 0.385 e. The molecule has 0 unspecified atom stereocenters. The highest BCUT2D eigenvalue weighted by Gasteiger charge is 2.39. The van der Waals surface area contributed by atoms with Crippen LogP contribution in [0.5, 0.6) is 5.75 Å². The summed E-state index contributed by atoms with van der Waals surface area (Å²) in [7, 11) is 1.26. The molecule has 0 N–H and O–H groups in total. The molecule has 0 heterocycles. The summed E-state index contributed by atoms with van der Waals surface area (Å²) in [5.74, 6) is -2.86. The summed E-state index contributed by atoms with van der Waals surface area (Å²) in [5.41, 5.74) is -0.834. The van der Waals surface area contributed by atoms with Gasteiger partial charge in [-0.15, -0.1) is 0 Å². The number of hydrogen-bond donors (Lipinski definition) is 0. The molecule has 0 atom stereocenters. The highest BCUT2D eigenvalue weighted by molar-refractivity contribution is 9.10. The lowest BCUT2D eigenvalue weighted by atomic mass is 10.1. The van der Waals surface area contributed by atoms with E-state index in [0.717, 1.165) is 6.07 Å². The van der Waals surface area contributed by atoms with Gasteiger partial charge in [0.05, 0.1) is 17.1 Å². The van der Waals surface area contributed by atoms with Gasteiger partial charge in [-0.05, 0) is 39.7 Å². The molecule has 88 valence electrons. The van der Waals surface area contributed by atoms with E-state index < -0.39 is 22.5 Å². The molecule has 0 spiro atoms. The number of ether oxygens (including phenoxy) is 1. The van der Waals surface area contributed by atoms with Crippen LogP contribution in [0, 0.1) is 5.82 Å². The molecular weight excluding hydrogens is 312 g/mol. The molecule has 16 heavy (non-hydrogen) atoms. The maximum Gasteiger partial charge on any atom is 0.385 e. The number of rotatable bonds is 3. The summed E-state index contributed by atoms with van der Waals surface area (Å²) in [6, 6.07) is 2.04. The molecule has 7 heteroatoms. The quantitative estimate of drug-likeness (QED) is 0.629. The molecule has 0 saturated heterocycles. The maximum atomic E-state index is 13.2. The van der Waals surface area contributed by atoms with E-state index in [1.165, 1.54) is 13.2 Å². The van der Waals surface area contributed by atoms with Gasteiger partial charge in [-0.1, -0.05) is 0 Å². The lowest BCUT2D eigenvalue weighted by molar-refractivity contribution is 0.0530. The normalized spacial score (nSPS) is 11.4. The van der Waals surface area contributed by atoms with Crippen LogP contribution >= 0.6 is 27.5 Å². The Morgan fingerprint density at radius 2 is 2.06 bits per heavy atom. The summed E-state index contributed by atoms with van der Waals surface area (Å²) in [4.78, 5) is 11.2. The van der Waals surface area contributed by atoms with Crippen molar-refractivity contribution in [2.75, 3.05) is 7.11 Å². The first-order valence-electron chi connectivity index (χ1n) is 3.92. The third kappa shape index (κ3) is 2.49. The van der Waals surface area contributed by atoms with Crippen molar-refractivity contribution in [3.05, 3.63) is 28.0 Å². The van der Waals surface area contributed by atoms with Crippen molar-refractivity contribution >= 4 is 33.3 Å². The molecule has 0 aromatic heterocycles. The zero-order chi connectivity index (χ0) is 12.5. The average Bonchev–Trinajstić information content (AvgIpc) is 2.16. The number of carbonyl (C=O) groups excluding carboxylic acids is 1. The first-order valence-corrected chi connectivity index (χ1v) is 5.09. The van der Waals surface area contributed by atoms with Crippen LogP contribution in [0.25, 0.3) is 0 Å². The minimum atomic E-state index is -4.16. The summed E-state index contributed by atoms with van der Waals surface area (Å²) in [5, 5.41) is -4.16. The van der Waals surface area contributed by atoms with Gasteiger partial charge in [-0.3, -0.25) is 4.79 Å². The zero-order valence-electron chi connectivity index (χ0n) is 7.86.